The SMILES string of the molecule is O=C1/C(=C\c2ccccn2)CNCC1c1ccccc1. The zero-order valence-electron chi connectivity index (χ0n) is 11.1. The number of hydrogen-bond acceptors (Lipinski definition) is 3. The van der Waals surface area contributed by atoms with Gasteiger partial charge in [-0.3, -0.25) is 9.78 Å². The molecule has 0 saturated carbocycles. The van der Waals surface area contributed by atoms with E-state index in [2.05, 4.69) is 10.3 Å². The van der Waals surface area contributed by atoms with Crippen molar-refractivity contribution in [2.75, 3.05) is 13.1 Å². The first-order valence-corrected chi connectivity index (χ1v) is 6.76. The van der Waals surface area contributed by atoms with Crippen molar-refractivity contribution in [3.8, 4) is 0 Å². The molecule has 0 spiro atoms. The van der Waals surface area contributed by atoms with Crippen molar-refractivity contribution in [2.45, 2.75) is 5.92 Å². The lowest BCUT2D eigenvalue weighted by atomic mass is 9.87. The van der Waals surface area contributed by atoms with E-state index in [9.17, 15) is 4.79 Å². The van der Waals surface area contributed by atoms with Crippen molar-refractivity contribution >= 4 is 11.9 Å². The molecule has 0 amide bonds. The molecule has 1 fully saturated rings. The predicted molar refractivity (Wildman–Crippen MR) is 79.3 cm³/mol. The van der Waals surface area contributed by atoms with Gasteiger partial charge in [-0.2, -0.15) is 0 Å². The van der Waals surface area contributed by atoms with Gasteiger partial charge < -0.3 is 5.32 Å². The smallest absolute Gasteiger partial charge is 0.168 e. The number of rotatable bonds is 2. The van der Waals surface area contributed by atoms with E-state index in [1.807, 2.05) is 54.6 Å². The van der Waals surface area contributed by atoms with Gasteiger partial charge in [-0.25, -0.2) is 0 Å². The van der Waals surface area contributed by atoms with E-state index in [1.165, 1.54) is 0 Å². The molecule has 3 rings (SSSR count). The molecule has 20 heavy (non-hydrogen) atoms. The Morgan fingerprint density at radius 3 is 2.65 bits per heavy atom. The third-order valence-corrected chi connectivity index (χ3v) is 3.51. The fraction of sp³-hybridized carbons (Fsp3) is 0.176. The van der Waals surface area contributed by atoms with Crippen LogP contribution < -0.4 is 5.32 Å². The summed E-state index contributed by atoms with van der Waals surface area (Å²) in [6.45, 7) is 1.31. The second kappa shape index (κ2) is 5.80. The largest absolute Gasteiger partial charge is 0.311 e. The van der Waals surface area contributed by atoms with Gasteiger partial charge >= 0.3 is 0 Å². The van der Waals surface area contributed by atoms with Gasteiger partial charge in [0.1, 0.15) is 0 Å². The summed E-state index contributed by atoms with van der Waals surface area (Å²) in [5.41, 5.74) is 2.69. The first kappa shape index (κ1) is 12.8. The van der Waals surface area contributed by atoms with Crippen molar-refractivity contribution in [3.63, 3.8) is 0 Å². The molecule has 100 valence electrons. The number of piperidine rings is 1. The molecule has 1 aliphatic heterocycles. The van der Waals surface area contributed by atoms with Gasteiger partial charge in [0, 0.05) is 24.9 Å². The molecule has 3 nitrogen and oxygen atoms in total. The van der Waals surface area contributed by atoms with E-state index in [-0.39, 0.29) is 11.7 Å². The standard InChI is InChI=1S/C17H16N2O/c20-17-14(10-15-8-4-5-9-19-15)11-18-12-16(17)13-6-2-1-3-7-13/h1-10,16,18H,11-12H2/b14-10-. The van der Waals surface area contributed by atoms with Crippen molar-refractivity contribution in [3.05, 3.63) is 71.6 Å². The van der Waals surface area contributed by atoms with Gasteiger partial charge in [0.25, 0.3) is 0 Å². The van der Waals surface area contributed by atoms with Crippen LogP contribution in [0.25, 0.3) is 6.08 Å². The number of ketones is 1. The van der Waals surface area contributed by atoms with Crippen LogP contribution in [0.2, 0.25) is 0 Å². The van der Waals surface area contributed by atoms with Gasteiger partial charge in [0.2, 0.25) is 0 Å². The summed E-state index contributed by atoms with van der Waals surface area (Å²) >= 11 is 0. The summed E-state index contributed by atoms with van der Waals surface area (Å²) in [7, 11) is 0. The highest BCUT2D eigenvalue weighted by molar-refractivity contribution is 6.04. The molecule has 0 radical (unpaired) electrons. The number of aromatic nitrogens is 1. The lowest BCUT2D eigenvalue weighted by Crippen LogP contribution is -2.37. The van der Waals surface area contributed by atoms with Gasteiger partial charge in [-0.05, 0) is 23.8 Å². The molecule has 1 aromatic carbocycles. The van der Waals surface area contributed by atoms with E-state index in [1.54, 1.807) is 6.20 Å². The van der Waals surface area contributed by atoms with Gasteiger partial charge in [-0.15, -0.1) is 0 Å². The second-order valence-electron chi connectivity index (χ2n) is 4.88. The number of carbonyl (C=O) groups excluding carboxylic acids is 1. The fourth-order valence-electron chi connectivity index (χ4n) is 2.47. The monoisotopic (exact) mass is 264 g/mol. The molecule has 2 aromatic rings. The summed E-state index contributed by atoms with van der Waals surface area (Å²) in [6.07, 6.45) is 3.62. The number of benzene rings is 1. The predicted octanol–water partition coefficient (Wildman–Crippen LogP) is 2.42. The molecule has 0 aliphatic carbocycles. The van der Waals surface area contributed by atoms with E-state index in [4.69, 9.17) is 0 Å². The molecule has 2 heterocycles. The minimum absolute atomic E-state index is 0.0973. The molecular formula is C17H16N2O. The Hall–Kier alpha value is -2.26. The molecular weight excluding hydrogens is 248 g/mol. The van der Waals surface area contributed by atoms with Crippen LogP contribution in [0, 0.1) is 0 Å². The average molecular weight is 264 g/mol. The molecule has 1 atom stereocenters. The number of nitrogens with zero attached hydrogens (tertiary/aromatic N) is 1. The first-order valence-electron chi connectivity index (χ1n) is 6.76. The molecule has 1 N–H and O–H groups in total. The zero-order chi connectivity index (χ0) is 13.8. The fourth-order valence-corrected chi connectivity index (χ4v) is 2.47. The summed E-state index contributed by atoms with van der Waals surface area (Å²) in [6, 6.07) is 15.6. The minimum atomic E-state index is -0.0973. The summed E-state index contributed by atoms with van der Waals surface area (Å²) in [5, 5.41) is 3.32. The van der Waals surface area contributed by atoms with Crippen molar-refractivity contribution in [1.29, 1.82) is 0 Å². The number of hydrogen-bond donors (Lipinski definition) is 1. The maximum atomic E-state index is 12.6. The van der Waals surface area contributed by atoms with Gasteiger partial charge in [-0.1, -0.05) is 36.4 Å². The maximum Gasteiger partial charge on any atom is 0.168 e. The Bertz CT molecular complexity index is 620. The van der Waals surface area contributed by atoms with Crippen LogP contribution in [-0.2, 0) is 4.79 Å². The quantitative estimate of drug-likeness (QED) is 0.847. The Balaban J connectivity index is 1.88. The average Bonchev–Trinajstić information content (AvgIpc) is 2.51. The van der Waals surface area contributed by atoms with E-state index in [0.717, 1.165) is 16.8 Å². The third-order valence-electron chi connectivity index (χ3n) is 3.51. The molecule has 3 heteroatoms. The number of nitrogens with one attached hydrogen (secondary N) is 1. The molecule has 1 unspecified atom stereocenters. The summed E-state index contributed by atoms with van der Waals surface area (Å²) < 4.78 is 0. The van der Waals surface area contributed by atoms with Crippen LogP contribution in [0.1, 0.15) is 17.2 Å². The van der Waals surface area contributed by atoms with Gasteiger partial charge in [0.05, 0.1) is 11.6 Å². The highest BCUT2D eigenvalue weighted by atomic mass is 16.1. The van der Waals surface area contributed by atoms with Crippen LogP contribution in [0.15, 0.2) is 60.3 Å². The minimum Gasteiger partial charge on any atom is -0.311 e. The number of Topliss-reactive ketones (excluding diaryl/α,β-unsaturated/α-hetero) is 1. The lowest BCUT2D eigenvalue weighted by Gasteiger charge is -2.24. The highest BCUT2D eigenvalue weighted by Gasteiger charge is 2.27. The van der Waals surface area contributed by atoms with Gasteiger partial charge in [0.15, 0.2) is 5.78 Å². The summed E-state index contributed by atoms with van der Waals surface area (Å²) in [5.74, 6) is 0.0977. The van der Waals surface area contributed by atoms with Crippen LogP contribution in [0.4, 0.5) is 0 Å². The lowest BCUT2D eigenvalue weighted by molar-refractivity contribution is -0.117. The van der Waals surface area contributed by atoms with E-state index >= 15 is 0 Å². The maximum absolute atomic E-state index is 12.6. The second-order valence-corrected chi connectivity index (χ2v) is 4.88. The zero-order valence-corrected chi connectivity index (χ0v) is 11.1. The number of pyridine rings is 1. The molecule has 1 aliphatic rings. The first-order chi connectivity index (χ1) is 9.84. The Kier molecular flexibility index (Phi) is 3.70. The molecule has 1 aromatic heterocycles. The van der Waals surface area contributed by atoms with E-state index in [0.29, 0.717) is 13.1 Å². The topological polar surface area (TPSA) is 42.0 Å². The van der Waals surface area contributed by atoms with E-state index < -0.39 is 0 Å². The normalized spacial score (nSPS) is 21.1. The highest BCUT2D eigenvalue weighted by Crippen LogP contribution is 2.23. The van der Waals surface area contributed by atoms with Crippen LogP contribution >= 0.6 is 0 Å². The van der Waals surface area contributed by atoms with Crippen molar-refractivity contribution < 1.29 is 4.79 Å². The molecule has 1 saturated heterocycles. The Morgan fingerprint density at radius 2 is 1.90 bits per heavy atom. The van der Waals surface area contributed by atoms with Crippen LogP contribution in [0.5, 0.6) is 0 Å². The van der Waals surface area contributed by atoms with Crippen LogP contribution in [-0.4, -0.2) is 23.9 Å². The summed E-state index contributed by atoms with van der Waals surface area (Å²) in [4.78, 5) is 16.8. The van der Waals surface area contributed by atoms with Crippen molar-refractivity contribution in [2.24, 2.45) is 0 Å². The van der Waals surface area contributed by atoms with Crippen molar-refractivity contribution in [1.82, 2.24) is 10.3 Å². The Labute approximate surface area is 118 Å². The Morgan fingerprint density at radius 1 is 1.10 bits per heavy atom. The molecule has 0 bridgehead atoms. The van der Waals surface area contributed by atoms with Crippen LogP contribution in [0.3, 0.4) is 0 Å². The third kappa shape index (κ3) is 2.68. The number of carbonyl (C=O) groups is 1.